The number of aromatic nitrogens is 1. The number of hydrogen-bond donors (Lipinski definition) is 0. The van der Waals surface area contributed by atoms with E-state index in [9.17, 15) is 8.42 Å². The molecule has 2 rings (SSSR count). The zero-order valence-corrected chi connectivity index (χ0v) is 10.7. The highest BCUT2D eigenvalue weighted by atomic mass is 127. The molecule has 0 spiro atoms. The second-order valence-electron chi connectivity index (χ2n) is 3.55. The Labute approximate surface area is 97.0 Å². The molecule has 14 heavy (non-hydrogen) atoms. The molecule has 3 nitrogen and oxygen atoms in total. The molecule has 5 heteroatoms. The zero-order chi connectivity index (χ0) is 10.3. The minimum atomic E-state index is -3.11. The van der Waals surface area contributed by atoms with Crippen molar-refractivity contribution < 1.29 is 8.42 Å². The van der Waals surface area contributed by atoms with E-state index >= 15 is 0 Å². The van der Waals surface area contributed by atoms with Crippen molar-refractivity contribution in [1.29, 1.82) is 0 Å². The fourth-order valence-corrected chi connectivity index (χ4v) is 4.07. The summed E-state index contributed by atoms with van der Waals surface area (Å²) in [5.74, 6) is 0.489. The average Bonchev–Trinajstić information content (AvgIpc) is 2.85. The highest BCUT2D eigenvalue weighted by molar-refractivity contribution is 14.1. The van der Waals surface area contributed by atoms with Crippen LogP contribution in [0.5, 0.6) is 0 Å². The van der Waals surface area contributed by atoms with Crippen LogP contribution < -0.4 is 0 Å². The van der Waals surface area contributed by atoms with Crippen molar-refractivity contribution in [2.75, 3.05) is 6.26 Å². The molecule has 1 aromatic rings. The van der Waals surface area contributed by atoms with Crippen LogP contribution in [0, 0.1) is 3.57 Å². The van der Waals surface area contributed by atoms with Crippen LogP contribution in [-0.4, -0.2) is 19.7 Å². The van der Waals surface area contributed by atoms with Crippen LogP contribution >= 0.6 is 22.6 Å². The summed E-state index contributed by atoms with van der Waals surface area (Å²) in [6, 6.07) is 1.57. The predicted octanol–water partition coefficient (Wildman–Crippen LogP) is 1.97. The number of halogens is 1. The van der Waals surface area contributed by atoms with E-state index in [1.54, 1.807) is 12.3 Å². The van der Waals surface area contributed by atoms with Crippen LogP contribution in [0.25, 0.3) is 0 Å². The average molecular weight is 323 g/mol. The van der Waals surface area contributed by atoms with Gasteiger partial charge in [-0.1, -0.05) is 0 Å². The van der Waals surface area contributed by atoms with Crippen LogP contribution in [0.2, 0.25) is 0 Å². The van der Waals surface area contributed by atoms with Gasteiger partial charge >= 0.3 is 0 Å². The van der Waals surface area contributed by atoms with Gasteiger partial charge in [0.05, 0.1) is 14.2 Å². The Morgan fingerprint density at radius 1 is 1.50 bits per heavy atom. The summed E-state index contributed by atoms with van der Waals surface area (Å²) >= 11 is 2.08. The highest BCUT2D eigenvalue weighted by Gasteiger charge is 2.29. The van der Waals surface area contributed by atoms with Gasteiger partial charge in [0.25, 0.3) is 0 Å². The third kappa shape index (κ3) is 1.93. The molecular weight excluding hydrogens is 313 g/mol. The fourth-order valence-electron chi connectivity index (χ4n) is 1.37. The van der Waals surface area contributed by atoms with E-state index in [4.69, 9.17) is 0 Å². The molecule has 1 heterocycles. The third-order valence-electron chi connectivity index (χ3n) is 2.24. The van der Waals surface area contributed by atoms with E-state index in [2.05, 4.69) is 27.6 Å². The van der Waals surface area contributed by atoms with Crippen molar-refractivity contribution >= 4 is 32.4 Å². The van der Waals surface area contributed by atoms with E-state index in [-0.39, 0.29) is 0 Å². The molecule has 1 fully saturated rings. The molecule has 0 radical (unpaired) electrons. The third-order valence-corrected chi connectivity index (χ3v) is 4.88. The lowest BCUT2D eigenvalue weighted by molar-refractivity contribution is 0.601. The van der Waals surface area contributed by atoms with Crippen molar-refractivity contribution in [3.63, 3.8) is 0 Å². The highest BCUT2D eigenvalue weighted by Crippen LogP contribution is 2.41. The Morgan fingerprint density at radius 3 is 2.64 bits per heavy atom. The van der Waals surface area contributed by atoms with E-state index in [1.807, 2.05) is 0 Å². The van der Waals surface area contributed by atoms with Gasteiger partial charge in [0, 0.05) is 18.4 Å². The quantitative estimate of drug-likeness (QED) is 0.782. The summed E-state index contributed by atoms with van der Waals surface area (Å²) < 4.78 is 23.6. The maximum Gasteiger partial charge on any atom is 0.176 e. The Hall–Kier alpha value is -0.170. The molecule has 1 aliphatic rings. The molecule has 1 saturated carbocycles. The molecular formula is C9H10INO2S. The predicted molar refractivity (Wildman–Crippen MR) is 62.0 cm³/mol. The fraction of sp³-hybridized carbons (Fsp3) is 0.444. The smallest absolute Gasteiger partial charge is 0.176 e. The standard InChI is InChI=1S/C9H10INO2S/c1-14(12,13)7-4-5-11-9(8(7)10)6-2-3-6/h4-6H,2-3H2,1H3. The first kappa shape index (κ1) is 10.4. The van der Waals surface area contributed by atoms with Crippen LogP contribution in [0.1, 0.15) is 24.5 Å². The van der Waals surface area contributed by atoms with E-state index < -0.39 is 9.84 Å². The molecule has 0 N–H and O–H groups in total. The molecule has 1 aromatic heterocycles. The van der Waals surface area contributed by atoms with Gasteiger partial charge in [0.15, 0.2) is 9.84 Å². The second kappa shape index (κ2) is 3.44. The molecule has 76 valence electrons. The first-order valence-electron chi connectivity index (χ1n) is 4.34. The van der Waals surface area contributed by atoms with Crippen LogP contribution in [0.3, 0.4) is 0 Å². The van der Waals surface area contributed by atoms with Crippen molar-refractivity contribution in [1.82, 2.24) is 4.98 Å². The Kier molecular flexibility index (Phi) is 2.55. The Bertz CT molecular complexity index is 466. The summed E-state index contributed by atoms with van der Waals surface area (Å²) in [7, 11) is -3.11. The number of pyridine rings is 1. The lowest BCUT2D eigenvalue weighted by Gasteiger charge is -2.05. The maximum atomic E-state index is 11.4. The number of sulfone groups is 1. The van der Waals surface area contributed by atoms with Crippen molar-refractivity contribution in [3.8, 4) is 0 Å². The maximum absolute atomic E-state index is 11.4. The van der Waals surface area contributed by atoms with Crippen molar-refractivity contribution in [2.45, 2.75) is 23.7 Å². The van der Waals surface area contributed by atoms with Crippen LogP contribution in [-0.2, 0) is 9.84 Å². The molecule has 0 bridgehead atoms. The van der Waals surface area contributed by atoms with E-state index in [1.165, 1.54) is 6.26 Å². The van der Waals surface area contributed by atoms with Crippen LogP contribution in [0.4, 0.5) is 0 Å². The lowest BCUT2D eigenvalue weighted by Crippen LogP contribution is -2.03. The zero-order valence-electron chi connectivity index (χ0n) is 7.70. The monoisotopic (exact) mass is 323 g/mol. The van der Waals surface area contributed by atoms with Gasteiger partial charge in [-0.25, -0.2) is 8.42 Å². The van der Waals surface area contributed by atoms with Gasteiger partial charge in [-0.15, -0.1) is 0 Å². The minimum Gasteiger partial charge on any atom is -0.260 e. The van der Waals surface area contributed by atoms with Gasteiger partial charge < -0.3 is 0 Å². The topological polar surface area (TPSA) is 47.0 Å². The normalized spacial score (nSPS) is 17.0. The van der Waals surface area contributed by atoms with Gasteiger partial charge in [0.2, 0.25) is 0 Å². The van der Waals surface area contributed by atoms with Gasteiger partial charge in [-0.05, 0) is 41.5 Å². The first-order valence-corrected chi connectivity index (χ1v) is 7.31. The van der Waals surface area contributed by atoms with E-state index in [0.717, 1.165) is 22.1 Å². The Balaban J connectivity index is 2.57. The summed E-state index contributed by atoms with van der Waals surface area (Å²) in [5.41, 5.74) is 0.952. The largest absolute Gasteiger partial charge is 0.260 e. The molecule has 1 aliphatic carbocycles. The lowest BCUT2D eigenvalue weighted by atomic mass is 10.2. The number of nitrogens with zero attached hydrogens (tertiary/aromatic N) is 1. The molecule has 0 aliphatic heterocycles. The summed E-state index contributed by atoms with van der Waals surface area (Å²) in [6.07, 6.45) is 5.10. The summed E-state index contributed by atoms with van der Waals surface area (Å²) in [4.78, 5) is 4.65. The minimum absolute atomic E-state index is 0.412. The Morgan fingerprint density at radius 2 is 2.14 bits per heavy atom. The molecule has 0 atom stereocenters. The molecule has 0 amide bonds. The summed E-state index contributed by atoms with van der Waals surface area (Å²) in [5, 5.41) is 0. The van der Waals surface area contributed by atoms with Crippen LogP contribution in [0.15, 0.2) is 17.2 Å². The van der Waals surface area contributed by atoms with Gasteiger partial charge in [-0.2, -0.15) is 0 Å². The molecule has 0 aromatic carbocycles. The number of hydrogen-bond acceptors (Lipinski definition) is 3. The van der Waals surface area contributed by atoms with Gasteiger partial charge in [0.1, 0.15) is 0 Å². The van der Waals surface area contributed by atoms with E-state index in [0.29, 0.717) is 10.8 Å². The van der Waals surface area contributed by atoms with Crippen molar-refractivity contribution in [3.05, 3.63) is 21.5 Å². The summed E-state index contributed by atoms with van der Waals surface area (Å²) in [6.45, 7) is 0. The second-order valence-corrected chi connectivity index (χ2v) is 6.62. The SMILES string of the molecule is CS(=O)(=O)c1ccnc(C2CC2)c1I. The van der Waals surface area contributed by atoms with Crippen molar-refractivity contribution in [2.24, 2.45) is 0 Å². The van der Waals surface area contributed by atoms with Gasteiger partial charge in [-0.3, -0.25) is 4.98 Å². The molecule has 0 unspecified atom stereocenters. The number of rotatable bonds is 2. The molecule has 0 saturated heterocycles. The first-order chi connectivity index (χ1) is 6.50.